The van der Waals surface area contributed by atoms with Gasteiger partial charge < -0.3 is 14.8 Å². The van der Waals surface area contributed by atoms with E-state index in [0.717, 1.165) is 16.5 Å². The van der Waals surface area contributed by atoms with Gasteiger partial charge in [-0.25, -0.2) is 0 Å². The molecule has 5 nitrogen and oxygen atoms in total. The Morgan fingerprint density at radius 3 is 2.48 bits per heavy atom. The fourth-order valence-electron chi connectivity index (χ4n) is 2.42. The molecular formula is C20H18N2O3. The number of nitrogens with one attached hydrogen (secondary N) is 1. The molecule has 1 N–H and O–H groups in total. The van der Waals surface area contributed by atoms with E-state index < -0.39 is 0 Å². The lowest BCUT2D eigenvalue weighted by atomic mass is 10.2. The minimum atomic E-state index is -0.237. The summed E-state index contributed by atoms with van der Waals surface area (Å²) in [6, 6.07) is 15.1. The summed E-state index contributed by atoms with van der Waals surface area (Å²) in [5, 5.41) is 3.78. The van der Waals surface area contributed by atoms with Crippen molar-refractivity contribution in [3.8, 4) is 11.5 Å². The minimum absolute atomic E-state index is 0.237. The van der Waals surface area contributed by atoms with Gasteiger partial charge in [-0.1, -0.05) is 18.2 Å². The smallest absolute Gasteiger partial charge is 0.248 e. The Bertz CT molecular complexity index is 913. The molecule has 0 spiro atoms. The maximum atomic E-state index is 12.1. The molecule has 0 aliphatic heterocycles. The van der Waals surface area contributed by atoms with Crippen molar-refractivity contribution < 1.29 is 14.3 Å². The van der Waals surface area contributed by atoms with E-state index in [1.54, 1.807) is 32.6 Å². The number of pyridine rings is 1. The minimum Gasteiger partial charge on any atom is -0.497 e. The van der Waals surface area contributed by atoms with E-state index in [9.17, 15) is 4.79 Å². The summed E-state index contributed by atoms with van der Waals surface area (Å²) < 4.78 is 10.4. The molecular weight excluding hydrogens is 316 g/mol. The van der Waals surface area contributed by atoms with E-state index in [0.29, 0.717) is 17.2 Å². The van der Waals surface area contributed by atoms with Crippen LogP contribution in [0.1, 0.15) is 5.56 Å². The molecule has 0 radical (unpaired) electrons. The Hall–Kier alpha value is -3.34. The maximum Gasteiger partial charge on any atom is 0.248 e. The molecule has 0 aliphatic rings. The fourth-order valence-corrected chi connectivity index (χ4v) is 2.42. The molecule has 3 aromatic rings. The summed E-state index contributed by atoms with van der Waals surface area (Å²) in [6.07, 6.45) is 4.81. The zero-order chi connectivity index (χ0) is 17.6. The van der Waals surface area contributed by atoms with Crippen molar-refractivity contribution in [1.29, 1.82) is 0 Å². The second-order valence-electron chi connectivity index (χ2n) is 5.39. The maximum absolute atomic E-state index is 12.1. The highest BCUT2D eigenvalue weighted by molar-refractivity contribution is 6.02. The number of aromatic nitrogens is 1. The van der Waals surface area contributed by atoms with Crippen LogP contribution in [0.25, 0.3) is 17.0 Å². The van der Waals surface area contributed by atoms with Crippen LogP contribution in [0.2, 0.25) is 0 Å². The second-order valence-corrected chi connectivity index (χ2v) is 5.39. The summed E-state index contributed by atoms with van der Waals surface area (Å²) >= 11 is 0. The molecule has 1 heterocycles. The van der Waals surface area contributed by atoms with Crippen molar-refractivity contribution in [2.24, 2.45) is 0 Å². The first-order chi connectivity index (χ1) is 12.2. The number of nitrogens with zero attached hydrogens (tertiary/aromatic N) is 1. The predicted molar refractivity (Wildman–Crippen MR) is 99.0 cm³/mol. The molecule has 0 atom stereocenters. The van der Waals surface area contributed by atoms with E-state index in [4.69, 9.17) is 9.47 Å². The van der Waals surface area contributed by atoms with Crippen molar-refractivity contribution in [2.75, 3.05) is 19.5 Å². The molecule has 0 bridgehead atoms. The molecule has 2 aromatic carbocycles. The Kier molecular flexibility index (Phi) is 4.95. The lowest BCUT2D eigenvalue weighted by molar-refractivity contribution is -0.111. The number of ether oxygens (including phenoxy) is 2. The number of benzene rings is 2. The third-order valence-electron chi connectivity index (χ3n) is 3.66. The normalized spacial score (nSPS) is 10.8. The quantitative estimate of drug-likeness (QED) is 0.719. The summed E-state index contributed by atoms with van der Waals surface area (Å²) in [7, 11) is 3.17. The number of hydrogen-bond donors (Lipinski definition) is 1. The van der Waals surface area contributed by atoms with Gasteiger partial charge in [0.2, 0.25) is 5.91 Å². The molecule has 0 saturated heterocycles. The van der Waals surface area contributed by atoms with E-state index in [-0.39, 0.29) is 5.91 Å². The van der Waals surface area contributed by atoms with Crippen LogP contribution >= 0.6 is 0 Å². The van der Waals surface area contributed by atoms with Gasteiger partial charge in [-0.3, -0.25) is 9.78 Å². The Labute approximate surface area is 145 Å². The van der Waals surface area contributed by atoms with Crippen molar-refractivity contribution >= 4 is 28.6 Å². The van der Waals surface area contributed by atoms with Gasteiger partial charge in [0.1, 0.15) is 11.5 Å². The number of carbonyl (C=O) groups excluding carboxylic acids is 1. The standard InChI is InChI=1S/C20H18N2O3/c1-24-17-9-14(10-18(12-17)25-2)7-8-20(23)22-16-11-15-5-3-4-6-19(15)21-13-16/h3-13H,1-2H3,(H,22,23). The number of carbonyl (C=O) groups is 1. The number of para-hydroxylation sites is 1. The van der Waals surface area contributed by atoms with Crippen LogP contribution in [0.5, 0.6) is 11.5 Å². The number of methoxy groups -OCH3 is 2. The van der Waals surface area contributed by atoms with Crippen molar-refractivity contribution in [1.82, 2.24) is 4.98 Å². The lowest BCUT2D eigenvalue weighted by Crippen LogP contribution is -2.07. The zero-order valence-electron chi connectivity index (χ0n) is 14.0. The van der Waals surface area contributed by atoms with Gasteiger partial charge in [-0.05, 0) is 35.9 Å². The fraction of sp³-hybridized carbons (Fsp3) is 0.100. The van der Waals surface area contributed by atoms with Gasteiger partial charge in [0, 0.05) is 17.5 Å². The third kappa shape index (κ3) is 4.14. The van der Waals surface area contributed by atoms with Gasteiger partial charge >= 0.3 is 0 Å². The highest BCUT2D eigenvalue weighted by atomic mass is 16.5. The first kappa shape index (κ1) is 16.5. The van der Waals surface area contributed by atoms with E-state index >= 15 is 0 Å². The Morgan fingerprint density at radius 1 is 1.04 bits per heavy atom. The average molecular weight is 334 g/mol. The highest BCUT2D eigenvalue weighted by Crippen LogP contribution is 2.23. The summed E-state index contributed by atoms with van der Waals surface area (Å²) in [6.45, 7) is 0. The summed E-state index contributed by atoms with van der Waals surface area (Å²) in [4.78, 5) is 16.5. The molecule has 3 rings (SSSR count). The SMILES string of the molecule is COc1cc(C=CC(=O)Nc2cnc3ccccc3c2)cc(OC)c1. The van der Waals surface area contributed by atoms with Crippen LogP contribution in [-0.4, -0.2) is 25.1 Å². The molecule has 1 aromatic heterocycles. The summed E-state index contributed by atoms with van der Waals surface area (Å²) in [5.41, 5.74) is 2.35. The Balaban J connectivity index is 1.74. The molecule has 0 unspecified atom stereocenters. The van der Waals surface area contributed by atoms with Crippen LogP contribution in [0.4, 0.5) is 5.69 Å². The number of fused-ring (bicyclic) bond motifs is 1. The van der Waals surface area contributed by atoms with E-state index in [2.05, 4.69) is 10.3 Å². The number of amides is 1. The molecule has 0 aliphatic carbocycles. The lowest BCUT2D eigenvalue weighted by Gasteiger charge is -2.06. The van der Waals surface area contributed by atoms with Gasteiger partial charge in [0.05, 0.1) is 31.6 Å². The second kappa shape index (κ2) is 7.49. The average Bonchev–Trinajstić information content (AvgIpc) is 2.66. The summed E-state index contributed by atoms with van der Waals surface area (Å²) in [5.74, 6) is 1.09. The van der Waals surface area contributed by atoms with Crippen molar-refractivity contribution in [2.45, 2.75) is 0 Å². The molecule has 25 heavy (non-hydrogen) atoms. The molecule has 0 saturated carbocycles. The third-order valence-corrected chi connectivity index (χ3v) is 3.66. The van der Waals surface area contributed by atoms with Crippen LogP contribution in [0.3, 0.4) is 0 Å². The Morgan fingerprint density at radius 2 is 1.76 bits per heavy atom. The molecule has 126 valence electrons. The molecule has 5 heteroatoms. The van der Waals surface area contributed by atoms with Gasteiger partial charge in [0.25, 0.3) is 0 Å². The number of rotatable bonds is 5. The number of hydrogen-bond acceptors (Lipinski definition) is 4. The topological polar surface area (TPSA) is 60.5 Å². The first-order valence-corrected chi connectivity index (χ1v) is 7.75. The van der Waals surface area contributed by atoms with Crippen LogP contribution < -0.4 is 14.8 Å². The van der Waals surface area contributed by atoms with E-state index in [1.165, 1.54) is 6.08 Å². The zero-order valence-corrected chi connectivity index (χ0v) is 14.0. The van der Waals surface area contributed by atoms with Gasteiger partial charge in [0.15, 0.2) is 0 Å². The van der Waals surface area contributed by atoms with Crippen LogP contribution in [-0.2, 0) is 4.79 Å². The first-order valence-electron chi connectivity index (χ1n) is 7.75. The number of anilines is 1. The van der Waals surface area contributed by atoms with Crippen LogP contribution in [0, 0.1) is 0 Å². The molecule has 0 fully saturated rings. The van der Waals surface area contributed by atoms with Gasteiger partial charge in [-0.2, -0.15) is 0 Å². The van der Waals surface area contributed by atoms with Crippen LogP contribution in [0.15, 0.2) is 60.8 Å². The highest BCUT2D eigenvalue weighted by Gasteiger charge is 2.02. The monoisotopic (exact) mass is 334 g/mol. The predicted octanol–water partition coefficient (Wildman–Crippen LogP) is 3.90. The molecule has 1 amide bonds. The van der Waals surface area contributed by atoms with Crippen molar-refractivity contribution in [3.63, 3.8) is 0 Å². The van der Waals surface area contributed by atoms with Gasteiger partial charge in [-0.15, -0.1) is 0 Å². The van der Waals surface area contributed by atoms with Crippen molar-refractivity contribution in [3.05, 3.63) is 66.4 Å². The largest absolute Gasteiger partial charge is 0.497 e. The van der Waals surface area contributed by atoms with E-state index in [1.807, 2.05) is 42.5 Å².